The quantitative estimate of drug-likeness (QED) is 0.398. The van der Waals surface area contributed by atoms with Crippen LogP contribution in [0, 0.1) is 0 Å². The second kappa shape index (κ2) is 7.00. The Hall–Kier alpha value is -3.92. The second-order valence-corrected chi connectivity index (χ2v) is 6.62. The van der Waals surface area contributed by atoms with E-state index in [1.807, 2.05) is 36.5 Å². The molecule has 2 heterocycles. The molecule has 0 bridgehead atoms. The van der Waals surface area contributed by atoms with Crippen molar-refractivity contribution in [3.8, 4) is 22.8 Å². The molecule has 134 valence electrons. The fourth-order valence-corrected chi connectivity index (χ4v) is 3.28. The third-order valence-electron chi connectivity index (χ3n) is 4.68. The summed E-state index contributed by atoms with van der Waals surface area (Å²) in [6, 6.07) is 24.8. The Morgan fingerprint density at radius 1 is 0.714 bits per heavy atom. The summed E-state index contributed by atoms with van der Waals surface area (Å²) in [6.45, 7) is 0. The molecule has 2 N–H and O–H groups in total. The molecule has 0 aliphatic carbocycles. The molecule has 4 nitrogen and oxygen atoms in total. The standard InChI is InChI=1S/C24H18N4/c1-2-10-22-21(9-1)27-24(28-22)20-8-4-6-18(16-20)12-11-17-5-3-7-19(15-17)23-25-13-14-26-23/h1-16H,(H,25,26)(H,27,28)/b12-11+. The van der Waals surface area contributed by atoms with Gasteiger partial charge in [0, 0.05) is 23.5 Å². The topological polar surface area (TPSA) is 57.4 Å². The van der Waals surface area contributed by atoms with Crippen molar-refractivity contribution in [2.75, 3.05) is 0 Å². The second-order valence-electron chi connectivity index (χ2n) is 6.62. The lowest BCUT2D eigenvalue weighted by atomic mass is 10.1. The number of nitrogens with zero attached hydrogens (tertiary/aromatic N) is 2. The van der Waals surface area contributed by atoms with Gasteiger partial charge in [-0.2, -0.15) is 0 Å². The zero-order valence-electron chi connectivity index (χ0n) is 15.1. The van der Waals surface area contributed by atoms with Crippen LogP contribution in [0.5, 0.6) is 0 Å². The number of para-hydroxylation sites is 2. The number of aromatic nitrogens is 4. The van der Waals surface area contributed by atoms with Crippen LogP contribution < -0.4 is 0 Å². The van der Waals surface area contributed by atoms with Crippen molar-refractivity contribution >= 4 is 23.2 Å². The predicted octanol–water partition coefficient (Wildman–Crippen LogP) is 5.79. The third-order valence-corrected chi connectivity index (χ3v) is 4.68. The number of fused-ring (bicyclic) bond motifs is 1. The van der Waals surface area contributed by atoms with Crippen LogP contribution in [-0.2, 0) is 0 Å². The van der Waals surface area contributed by atoms with E-state index in [2.05, 4.69) is 69.6 Å². The van der Waals surface area contributed by atoms with Crippen molar-refractivity contribution in [1.29, 1.82) is 0 Å². The van der Waals surface area contributed by atoms with E-state index in [1.54, 1.807) is 6.20 Å². The van der Waals surface area contributed by atoms with Crippen molar-refractivity contribution < 1.29 is 0 Å². The summed E-state index contributed by atoms with van der Waals surface area (Å²) in [5, 5.41) is 0. The summed E-state index contributed by atoms with van der Waals surface area (Å²) in [4.78, 5) is 15.5. The highest BCUT2D eigenvalue weighted by atomic mass is 14.9. The van der Waals surface area contributed by atoms with Gasteiger partial charge >= 0.3 is 0 Å². The molecule has 0 aliphatic heterocycles. The van der Waals surface area contributed by atoms with E-state index in [4.69, 9.17) is 4.98 Å². The van der Waals surface area contributed by atoms with Crippen LogP contribution in [0.4, 0.5) is 0 Å². The lowest BCUT2D eigenvalue weighted by molar-refractivity contribution is 1.31. The summed E-state index contributed by atoms with van der Waals surface area (Å²) in [5.41, 5.74) is 6.43. The Bertz CT molecular complexity index is 1230. The zero-order chi connectivity index (χ0) is 18.8. The summed E-state index contributed by atoms with van der Waals surface area (Å²) in [5.74, 6) is 1.76. The van der Waals surface area contributed by atoms with Gasteiger partial charge < -0.3 is 9.97 Å². The molecule has 0 aliphatic rings. The van der Waals surface area contributed by atoms with Gasteiger partial charge in [0.25, 0.3) is 0 Å². The van der Waals surface area contributed by atoms with Gasteiger partial charge in [0.15, 0.2) is 0 Å². The molecular formula is C24H18N4. The number of hydrogen-bond acceptors (Lipinski definition) is 2. The van der Waals surface area contributed by atoms with Gasteiger partial charge in [-0.05, 0) is 35.4 Å². The van der Waals surface area contributed by atoms with Crippen molar-refractivity contribution in [2.24, 2.45) is 0 Å². The number of hydrogen-bond donors (Lipinski definition) is 2. The Morgan fingerprint density at radius 2 is 1.43 bits per heavy atom. The first-order valence-corrected chi connectivity index (χ1v) is 9.18. The zero-order valence-corrected chi connectivity index (χ0v) is 15.1. The highest BCUT2D eigenvalue weighted by Crippen LogP contribution is 2.23. The van der Waals surface area contributed by atoms with Gasteiger partial charge in [-0.25, -0.2) is 9.97 Å². The lowest BCUT2D eigenvalue weighted by Gasteiger charge is -2.01. The van der Waals surface area contributed by atoms with E-state index in [9.17, 15) is 0 Å². The molecule has 4 heteroatoms. The fourth-order valence-electron chi connectivity index (χ4n) is 3.28. The summed E-state index contributed by atoms with van der Waals surface area (Å²) in [6.07, 6.45) is 7.83. The van der Waals surface area contributed by atoms with E-state index >= 15 is 0 Å². The van der Waals surface area contributed by atoms with Crippen LogP contribution in [0.3, 0.4) is 0 Å². The van der Waals surface area contributed by atoms with Crippen molar-refractivity contribution in [1.82, 2.24) is 19.9 Å². The molecule has 5 rings (SSSR count). The maximum atomic E-state index is 4.69. The van der Waals surface area contributed by atoms with Crippen molar-refractivity contribution in [2.45, 2.75) is 0 Å². The van der Waals surface area contributed by atoms with Gasteiger partial charge in [0.05, 0.1) is 11.0 Å². The first-order chi connectivity index (χ1) is 13.8. The molecule has 0 radical (unpaired) electrons. The van der Waals surface area contributed by atoms with Gasteiger partial charge in [-0.3, -0.25) is 0 Å². The van der Waals surface area contributed by atoms with Gasteiger partial charge in [0.2, 0.25) is 0 Å². The van der Waals surface area contributed by atoms with Crippen LogP contribution in [0.15, 0.2) is 85.2 Å². The highest BCUT2D eigenvalue weighted by Gasteiger charge is 2.05. The van der Waals surface area contributed by atoms with Crippen LogP contribution in [-0.4, -0.2) is 19.9 Å². The maximum absolute atomic E-state index is 4.69. The van der Waals surface area contributed by atoms with Crippen molar-refractivity contribution in [3.05, 3.63) is 96.3 Å². The fraction of sp³-hybridized carbons (Fsp3) is 0. The Balaban J connectivity index is 1.43. The number of aromatic amines is 2. The molecule has 0 atom stereocenters. The minimum Gasteiger partial charge on any atom is -0.345 e. The summed E-state index contributed by atoms with van der Waals surface area (Å²) >= 11 is 0. The first-order valence-electron chi connectivity index (χ1n) is 9.18. The number of imidazole rings is 2. The molecule has 0 amide bonds. The van der Waals surface area contributed by atoms with Crippen LogP contribution in [0.1, 0.15) is 11.1 Å². The first kappa shape index (κ1) is 16.3. The SMILES string of the molecule is C(=C\c1cccc(-c2nc3ccccc3[nH]2)c1)/c1cccc(-c2ncc[nH]2)c1. The minimum atomic E-state index is 0.877. The Morgan fingerprint density at radius 3 is 2.11 bits per heavy atom. The van der Waals surface area contributed by atoms with E-state index in [0.29, 0.717) is 0 Å². The van der Waals surface area contributed by atoms with E-state index in [1.165, 1.54) is 0 Å². The van der Waals surface area contributed by atoms with Gasteiger partial charge in [0.1, 0.15) is 11.6 Å². The molecule has 3 aromatic carbocycles. The Kier molecular flexibility index (Phi) is 4.07. The highest BCUT2D eigenvalue weighted by molar-refractivity contribution is 5.80. The number of nitrogens with one attached hydrogen (secondary N) is 2. The molecule has 0 saturated carbocycles. The average Bonchev–Trinajstić information content (AvgIpc) is 3.43. The number of rotatable bonds is 4. The van der Waals surface area contributed by atoms with Gasteiger partial charge in [-0.15, -0.1) is 0 Å². The van der Waals surface area contributed by atoms with E-state index < -0.39 is 0 Å². The van der Waals surface area contributed by atoms with Gasteiger partial charge in [-0.1, -0.05) is 60.7 Å². The minimum absolute atomic E-state index is 0.877. The van der Waals surface area contributed by atoms with Crippen LogP contribution in [0.2, 0.25) is 0 Å². The normalized spacial score (nSPS) is 11.4. The molecule has 0 fully saturated rings. The molecule has 0 spiro atoms. The largest absolute Gasteiger partial charge is 0.345 e. The Labute approximate surface area is 162 Å². The summed E-state index contributed by atoms with van der Waals surface area (Å²) in [7, 11) is 0. The number of H-pyrrole nitrogens is 2. The molecule has 28 heavy (non-hydrogen) atoms. The van der Waals surface area contributed by atoms with Crippen LogP contribution >= 0.6 is 0 Å². The van der Waals surface area contributed by atoms with E-state index in [0.717, 1.165) is 44.9 Å². The number of benzene rings is 3. The molecule has 0 saturated heterocycles. The predicted molar refractivity (Wildman–Crippen MR) is 114 cm³/mol. The molecule has 5 aromatic rings. The third kappa shape index (κ3) is 3.23. The van der Waals surface area contributed by atoms with Crippen molar-refractivity contribution in [3.63, 3.8) is 0 Å². The smallest absolute Gasteiger partial charge is 0.138 e. The molecule has 2 aromatic heterocycles. The molecule has 0 unspecified atom stereocenters. The maximum Gasteiger partial charge on any atom is 0.138 e. The lowest BCUT2D eigenvalue weighted by Crippen LogP contribution is -1.82. The summed E-state index contributed by atoms with van der Waals surface area (Å²) < 4.78 is 0. The molecular weight excluding hydrogens is 344 g/mol. The average molecular weight is 362 g/mol. The van der Waals surface area contributed by atoms with Crippen LogP contribution in [0.25, 0.3) is 46.0 Å². The van der Waals surface area contributed by atoms with E-state index in [-0.39, 0.29) is 0 Å². The monoisotopic (exact) mass is 362 g/mol.